The molecule has 12 heavy (non-hydrogen) atoms. The van der Waals surface area contributed by atoms with Crippen molar-refractivity contribution >= 4 is 6.09 Å². The second-order valence-electron chi connectivity index (χ2n) is 4.09. The van der Waals surface area contributed by atoms with E-state index in [1.54, 1.807) is 4.90 Å². The molecule has 2 unspecified atom stereocenters. The van der Waals surface area contributed by atoms with Crippen LogP contribution in [-0.2, 0) is 0 Å². The number of rotatable bonds is 0. The smallest absolute Gasteiger partial charge is 0.407 e. The third-order valence-electron chi connectivity index (χ3n) is 3.12. The van der Waals surface area contributed by atoms with Gasteiger partial charge >= 0.3 is 6.09 Å². The van der Waals surface area contributed by atoms with Gasteiger partial charge in [-0.05, 0) is 31.1 Å². The zero-order chi connectivity index (χ0) is 8.55. The Labute approximate surface area is 72.4 Å². The molecule has 2 rings (SSSR count). The molecule has 1 amide bonds. The quantitative estimate of drug-likeness (QED) is 0.600. The summed E-state index contributed by atoms with van der Waals surface area (Å²) in [7, 11) is 0. The number of fused-ring (bicyclic) bond motifs is 2. The zero-order valence-electron chi connectivity index (χ0n) is 7.20. The van der Waals surface area contributed by atoms with Crippen LogP contribution in [0.5, 0.6) is 0 Å². The summed E-state index contributed by atoms with van der Waals surface area (Å²) < 4.78 is 0. The van der Waals surface area contributed by atoms with Crippen molar-refractivity contribution in [2.24, 2.45) is 11.8 Å². The lowest BCUT2D eigenvalue weighted by Crippen LogP contribution is -2.45. The lowest BCUT2D eigenvalue weighted by Gasteiger charge is -2.39. The van der Waals surface area contributed by atoms with Crippen molar-refractivity contribution in [3.05, 3.63) is 0 Å². The molecule has 0 aromatic heterocycles. The summed E-state index contributed by atoms with van der Waals surface area (Å²) in [6, 6.07) is 0. The predicted molar refractivity (Wildman–Crippen MR) is 45.0 cm³/mol. The van der Waals surface area contributed by atoms with Crippen LogP contribution in [0.3, 0.4) is 0 Å². The molecule has 2 atom stereocenters. The number of carbonyl (C=O) groups is 1. The molecule has 68 valence electrons. The van der Waals surface area contributed by atoms with E-state index in [-0.39, 0.29) is 0 Å². The minimum atomic E-state index is -0.730. The topological polar surface area (TPSA) is 40.5 Å². The molecule has 1 aliphatic carbocycles. The van der Waals surface area contributed by atoms with Crippen molar-refractivity contribution in [2.75, 3.05) is 13.1 Å². The summed E-state index contributed by atoms with van der Waals surface area (Å²) in [4.78, 5) is 12.3. The Balaban J connectivity index is 2.00. The van der Waals surface area contributed by atoms with E-state index in [0.717, 1.165) is 13.1 Å². The number of hydrogen-bond acceptors (Lipinski definition) is 1. The van der Waals surface area contributed by atoms with Gasteiger partial charge in [-0.15, -0.1) is 0 Å². The summed E-state index contributed by atoms with van der Waals surface area (Å²) in [5.74, 6) is 1.32. The first kappa shape index (κ1) is 7.90. The van der Waals surface area contributed by atoms with Crippen LogP contribution in [0.1, 0.15) is 25.7 Å². The average molecular weight is 169 g/mol. The highest BCUT2D eigenvalue weighted by molar-refractivity contribution is 5.65. The lowest BCUT2D eigenvalue weighted by atomic mass is 9.78. The zero-order valence-corrected chi connectivity index (χ0v) is 7.20. The van der Waals surface area contributed by atoms with Crippen molar-refractivity contribution in [3.63, 3.8) is 0 Å². The van der Waals surface area contributed by atoms with Gasteiger partial charge in [0, 0.05) is 13.1 Å². The van der Waals surface area contributed by atoms with Crippen LogP contribution in [0.15, 0.2) is 0 Å². The molecule has 1 N–H and O–H groups in total. The van der Waals surface area contributed by atoms with Gasteiger partial charge in [0.05, 0.1) is 0 Å². The molecule has 3 heteroatoms. The maximum atomic E-state index is 10.7. The number of hydrogen-bond donors (Lipinski definition) is 1. The molecule has 2 bridgehead atoms. The maximum Gasteiger partial charge on any atom is 0.407 e. The van der Waals surface area contributed by atoms with E-state index in [9.17, 15) is 4.79 Å². The first-order valence-corrected chi connectivity index (χ1v) is 4.73. The second kappa shape index (κ2) is 2.96. The molecule has 2 fully saturated rings. The van der Waals surface area contributed by atoms with Gasteiger partial charge in [-0.25, -0.2) is 4.79 Å². The molecule has 0 aromatic rings. The van der Waals surface area contributed by atoms with Crippen LogP contribution >= 0.6 is 0 Å². The Morgan fingerprint density at radius 3 is 2.33 bits per heavy atom. The molecule has 1 saturated carbocycles. The third-order valence-corrected chi connectivity index (χ3v) is 3.12. The van der Waals surface area contributed by atoms with Gasteiger partial charge in [-0.2, -0.15) is 0 Å². The molecule has 2 aliphatic rings. The predicted octanol–water partition coefficient (Wildman–Crippen LogP) is 1.79. The second-order valence-corrected chi connectivity index (χ2v) is 4.09. The van der Waals surface area contributed by atoms with Crippen LogP contribution in [0.25, 0.3) is 0 Å². The third kappa shape index (κ3) is 1.40. The van der Waals surface area contributed by atoms with E-state index in [4.69, 9.17) is 5.11 Å². The maximum absolute atomic E-state index is 10.7. The SMILES string of the molecule is O=C(O)N1CC2CCCC(C2)C1. The van der Waals surface area contributed by atoms with Crippen molar-refractivity contribution in [2.45, 2.75) is 25.7 Å². The van der Waals surface area contributed by atoms with Crippen molar-refractivity contribution in [3.8, 4) is 0 Å². The Morgan fingerprint density at radius 2 is 1.83 bits per heavy atom. The molecular formula is C9H15NO2. The number of amides is 1. The van der Waals surface area contributed by atoms with Gasteiger partial charge in [-0.3, -0.25) is 0 Å². The van der Waals surface area contributed by atoms with Crippen molar-refractivity contribution in [1.29, 1.82) is 0 Å². The van der Waals surface area contributed by atoms with E-state index in [2.05, 4.69) is 0 Å². The largest absolute Gasteiger partial charge is 0.465 e. The Kier molecular flexibility index (Phi) is 1.95. The standard InChI is InChI=1S/C9H15NO2/c11-9(12)10-5-7-2-1-3-8(4-7)6-10/h7-8H,1-6H2,(H,11,12). The van der Waals surface area contributed by atoms with E-state index < -0.39 is 6.09 Å². The van der Waals surface area contributed by atoms with E-state index in [1.807, 2.05) is 0 Å². The Morgan fingerprint density at radius 1 is 1.25 bits per heavy atom. The summed E-state index contributed by atoms with van der Waals surface area (Å²) in [5.41, 5.74) is 0. The Bertz CT molecular complexity index is 181. The monoisotopic (exact) mass is 169 g/mol. The molecule has 3 nitrogen and oxygen atoms in total. The molecule has 1 aliphatic heterocycles. The van der Waals surface area contributed by atoms with Gasteiger partial charge in [0.15, 0.2) is 0 Å². The van der Waals surface area contributed by atoms with E-state index in [0.29, 0.717) is 11.8 Å². The number of piperidine rings is 1. The first-order chi connectivity index (χ1) is 5.75. The number of likely N-dealkylation sites (tertiary alicyclic amines) is 1. The molecule has 1 heterocycles. The van der Waals surface area contributed by atoms with Crippen LogP contribution < -0.4 is 0 Å². The average Bonchev–Trinajstić information content (AvgIpc) is 2.03. The van der Waals surface area contributed by atoms with Crippen LogP contribution in [0.2, 0.25) is 0 Å². The number of nitrogens with zero attached hydrogens (tertiary/aromatic N) is 1. The molecular weight excluding hydrogens is 154 g/mol. The molecule has 0 radical (unpaired) electrons. The fourth-order valence-electron chi connectivity index (χ4n) is 2.59. The molecule has 0 aromatic carbocycles. The summed E-state index contributed by atoms with van der Waals surface area (Å²) in [6.07, 6.45) is 4.32. The van der Waals surface area contributed by atoms with Gasteiger partial charge in [0.1, 0.15) is 0 Å². The normalized spacial score (nSPS) is 34.8. The van der Waals surface area contributed by atoms with Crippen molar-refractivity contribution in [1.82, 2.24) is 4.90 Å². The fourth-order valence-corrected chi connectivity index (χ4v) is 2.59. The molecule has 0 spiro atoms. The minimum Gasteiger partial charge on any atom is -0.465 e. The van der Waals surface area contributed by atoms with Crippen LogP contribution in [0.4, 0.5) is 4.79 Å². The summed E-state index contributed by atoms with van der Waals surface area (Å²) in [6.45, 7) is 1.57. The van der Waals surface area contributed by atoms with E-state index >= 15 is 0 Å². The van der Waals surface area contributed by atoms with Gasteiger partial charge in [0.25, 0.3) is 0 Å². The number of carboxylic acid groups (broad SMARTS) is 1. The highest BCUT2D eigenvalue weighted by Gasteiger charge is 2.32. The fraction of sp³-hybridized carbons (Fsp3) is 0.889. The van der Waals surface area contributed by atoms with Gasteiger partial charge in [-0.1, -0.05) is 6.42 Å². The Hall–Kier alpha value is -0.730. The van der Waals surface area contributed by atoms with E-state index in [1.165, 1.54) is 25.7 Å². The van der Waals surface area contributed by atoms with Gasteiger partial charge < -0.3 is 10.0 Å². The summed E-state index contributed by atoms with van der Waals surface area (Å²) in [5, 5.41) is 8.82. The summed E-state index contributed by atoms with van der Waals surface area (Å²) >= 11 is 0. The first-order valence-electron chi connectivity index (χ1n) is 4.73. The van der Waals surface area contributed by atoms with Gasteiger partial charge in [0.2, 0.25) is 0 Å². The highest BCUT2D eigenvalue weighted by atomic mass is 16.4. The van der Waals surface area contributed by atoms with Crippen LogP contribution in [-0.4, -0.2) is 29.2 Å². The lowest BCUT2D eigenvalue weighted by molar-refractivity contribution is 0.0761. The molecule has 1 saturated heterocycles. The highest BCUT2D eigenvalue weighted by Crippen LogP contribution is 2.34. The van der Waals surface area contributed by atoms with Crippen LogP contribution in [0, 0.1) is 11.8 Å². The minimum absolute atomic E-state index is 0.661. The van der Waals surface area contributed by atoms with Crippen molar-refractivity contribution < 1.29 is 9.90 Å².